The molecule has 2 aliphatic rings. The van der Waals surface area contributed by atoms with Crippen LogP contribution in [-0.4, -0.2) is 61.9 Å². The zero-order chi connectivity index (χ0) is 23.9. The lowest BCUT2D eigenvalue weighted by Gasteiger charge is -2.32. The van der Waals surface area contributed by atoms with Gasteiger partial charge in [0.2, 0.25) is 10.0 Å². The summed E-state index contributed by atoms with van der Waals surface area (Å²) < 4.78 is 45.4. The third-order valence-electron chi connectivity index (χ3n) is 6.20. The van der Waals surface area contributed by atoms with Gasteiger partial charge >= 0.3 is 13.2 Å². The van der Waals surface area contributed by atoms with E-state index < -0.39 is 40.0 Å². The summed E-state index contributed by atoms with van der Waals surface area (Å²) in [7, 11) is -4.30. The SMILES string of the molecule is CC(C)(C)OC(=O)NC1CCN(S(=O)(=O)c2cccc(B3OC(C)(C)C(C)(C)O3)c2)CC1. The summed E-state index contributed by atoms with van der Waals surface area (Å²) in [6, 6.07) is 6.63. The predicted octanol–water partition coefficient (Wildman–Crippen LogP) is 2.66. The number of sulfonamides is 1. The largest absolute Gasteiger partial charge is 0.494 e. The van der Waals surface area contributed by atoms with Gasteiger partial charge in [-0.05, 0) is 78.9 Å². The molecule has 2 heterocycles. The Bertz CT molecular complexity index is 933. The van der Waals surface area contributed by atoms with Crippen LogP contribution in [0, 0.1) is 0 Å². The molecule has 0 saturated carbocycles. The molecule has 1 aromatic carbocycles. The van der Waals surface area contributed by atoms with Crippen molar-refractivity contribution in [2.45, 2.75) is 89.0 Å². The molecule has 0 unspecified atom stereocenters. The number of rotatable bonds is 4. The van der Waals surface area contributed by atoms with Crippen molar-refractivity contribution in [3.8, 4) is 0 Å². The van der Waals surface area contributed by atoms with Gasteiger partial charge in [-0.3, -0.25) is 0 Å². The summed E-state index contributed by atoms with van der Waals surface area (Å²) in [6.45, 7) is 13.9. The van der Waals surface area contributed by atoms with Gasteiger partial charge in [-0.15, -0.1) is 0 Å². The highest BCUT2D eigenvalue weighted by Crippen LogP contribution is 2.36. The van der Waals surface area contributed by atoms with Gasteiger partial charge < -0.3 is 19.4 Å². The molecule has 1 amide bonds. The van der Waals surface area contributed by atoms with E-state index >= 15 is 0 Å². The second-order valence-electron chi connectivity index (χ2n) is 10.5. The van der Waals surface area contributed by atoms with E-state index in [4.69, 9.17) is 14.0 Å². The molecule has 2 fully saturated rings. The molecule has 0 aromatic heterocycles. The van der Waals surface area contributed by atoms with Gasteiger partial charge in [0.15, 0.2) is 0 Å². The van der Waals surface area contributed by atoms with E-state index in [2.05, 4.69) is 5.32 Å². The predicted molar refractivity (Wildman–Crippen MR) is 123 cm³/mol. The smallest absolute Gasteiger partial charge is 0.444 e. The van der Waals surface area contributed by atoms with Crippen molar-refractivity contribution in [3.05, 3.63) is 24.3 Å². The Morgan fingerprint density at radius 2 is 1.69 bits per heavy atom. The Morgan fingerprint density at radius 1 is 1.12 bits per heavy atom. The van der Waals surface area contributed by atoms with E-state index in [1.807, 2.05) is 33.8 Å². The van der Waals surface area contributed by atoms with E-state index in [1.165, 1.54) is 4.31 Å². The van der Waals surface area contributed by atoms with Crippen molar-refractivity contribution in [2.75, 3.05) is 13.1 Å². The fraction of sp³-hybridized carbons (Fsp3) is 0.682. The van der Waals surface area contributed by atoms with Crippen LogP contribution >= 0.6 is 0 Å². The lowest BCUT2D eigenvalue weighted by molar-refractivity contribution is 0.00578. The number of carbonyl (C=O) groups excluding carboxylic acids is 1. The van der Waals surface area contributed by atoms with E-state index in [1.54, 1.807) is 39.0 Å². The van der Waals surface area contributed by atoms with Crippen molar-refractivity contribution < 1.29 is 27.3 Å². The van der Waals surface area contributed by atoms with E-state index in [-0.39, 0.29) is 10.9 Å². The number of nitrogens with one attached hydrogen (secondary N) is 1. The number of benzene rings is 1. The zero-order valence-corrected chi connectivity index (χ0v) is 20.9. The van der Waals surface area contributed by atoms with Crippen LogP contribution in [0.15, 0.2) is 29.2 Å². The van der Waals surface area contributed by atoms with E-state index in [0.29, 0.717) is 31.4 Å². The number of hydrogen-bond donors (Lipinski definition) is 1. The normalized spacial score (nSPS) is 22.0. The molecule has 1 N–H and O–H groups in total. The van der Waals surface area contributed by atoms with Crippen LogP contribution in [0.1, 0.15) is 61.3 Å². The number of amides is 1. The van der Waals surface area contributed by atoms with Gasteiger partial charge in [0.1, 0.15) is 5.60 Å². The first-order valence-electron chi connectivity index (χ1n) is 11.1. The third-order valence-corrected chi connectivity index (χ3v) is 8.09. The van der Waals surface area contributed by atoms with Crippen molar-refractivity contribution in [1.82, 2.24) is 9.62 Å². The average Bonchev–Trinajstić information content (AvgIpc) is 2.88. The standard InChI is InChI=1S/C22H35BN2O6S/c1-20(2,3)29-19(26)24-17-11-13-25(14-12-17)32(27,28)18-10-8-9-16(15-18)23-30-21(4,5)22(6,7)31-23/h8-10,15,17H,11-14H2,1-7H3,(H,24,26). The van der Waals surface area contributed by atoms with Crippen molar-refractivity contribution in [1.29, 1.82) is 0 Å². The Hall–Kier alpha value is -1.62. The van der Waals surface area contributed by atoms with Gasteiger partial charge in [-0.2, -0.15) is 4.31 Å². The third kappa shape index (κ3) is 5.47. The fourth-order valence-electron chi connectivity index (χ4n) is 3.66. The Labute approximate surface area is 192 Å². The number of hydrogen-bond acceptors (Lipinski definition) is 6. The molecule has 10 heteroatoms. The second-order valence-corrected chi connectivity index (χ2v) is 12.4. The summed E-state index contributed by atoms with van der Waals surface area (Å²) in [5.74, 6) is 0. The number of ether oxygens (including phenoxy) is 1. The van der Waals surface area contributed by atoms with Gasteiger partial charge in [-0.1, -0.05) is 12.1 Å². The molecular formula is C22H35BN2O6S. The summed E-state index contributed by atoms with van der Waals surface area (Å²) in [6.07, 6.45) is 0.569. The second kappa shape index (κ2) is 8.63. The van der Waals surface area contributed by atoms with Crippen LogP contribution in [0.25, 0.3) is 0 Å². The highest BCUT2D eigenvalue weighted by molar-refractivity contribution is 7.89. The lowest BCUT2D eigenvalue weighted by atomic mass is 9.79. The molecule has 0 radical (unpaired) electrons. The number of piperidine rings is 1. The maximum absolute atomic E-state index is 13.3. The zero-order valence-electron chi connectivity index (χ0n) is 20.1. The number of carbonyl (C=O) groups is 1. The van der Waals surface area contributed by atoms with Crippen molar-refractivity contribution >= 4 is 28.7 Å². The summed E-state index contributed by atoms with van der Waals surface area (Å²) >= 11 is 0. The van der Waals surface area contributed by atoms with Gasteiger partial charge in [-0.25, -0.2) is 13.2 Å². The van der Waals surface area contributed by atoms with Crippen LogP contribution in [-0.2, 0) is 24.1 Å². The summed E-state index contributed by atoms with van der Waals surface area (Å²) in [5.41, 5.74) is -0.909. The molecule has 0 spiro atoms. The topological polar surface area (TPSA) is 94.2 Å². The summed E-state index contributed by atoms with van der Waals surface area (Å²) in [4.78, 5) is 12.2. The number of alkyl carbamates (subject to hydrolysis) is 1. The Balaban J connectivity index is 1.66. The monoisotopic (exact) mass is 466 g/mol. The Morgan fingerprint density at radius 3 is 2.22 bits per heavy atom. The highest BCUT2D eigenvalue weighted by atomic mass is 32.2. The maximum atomic E-state index is 13.3. The minimum absolute atomic E-state index is 0.118. The minimum atomic E-state index is -3.67. The molecule has 32 heavy (non-hydrogen) atoms. The first-order valence-corrected chi connectivity index (χ1v) is 12.5. The molecule has 1 aromatic rings. The quantitative estimate of drug-likeness (QED) is 0.686. The number of nitrogens with zero attached hydrogens (tertiary/aromatic N) is 1. The van der Waals surface area contributed by atoms with E-state index in [0.717, 1.165) is 0 Å². The summed E-state index contributed by atoms with van der Waals surface area (Å²) in [5, 5.41) is 2.83. The van der Waals surface area contributed by atoms with Crippen LogP contribution in [0.3, 0.4) is 0 Å². The van der Waals surface area contributed by atoms with Gasteiger partial charge in [0, 0.05) is 19.1 Å². The molecule has 178 valence electrons. The molecule has 2 saturated heterocycles. The van der Waals surface area contributed by atoms with E-state index in [9.17, 15) is 13.2 Å². The van der Waals surface area contributed by atoms with Gasteiger partial charge in [0.05, 0.1) is 16.1 Å². The molecule has 0 aliphatic carbocycles. The molecular weight excluding hydrogens is 431 g/mol. The fourth-order valence-corrected chi connectivity index (χ4v) is 5.19. The first-order chi connectivity index (χ1) is 14.6. The highest BCUT2D eigenvalue weighted by Gasteiger charge is 2.51. The van der Waals surface area contributed by atoms with Crippen molar-refractivity contribution in [2.24, 2.45) is 0 Å². The lowest BCUT2D eigenvalue weighted by Crippen LogP contribution is -2.47. The molecule has 0 atom stereocenters. The first kappa shape index (κ1) is 25.0. The maximum Gasteiger partial charge on any atom is 0.494 e. The molecule has 2 aliphatic heterocycles. The molecule has 0 bridgehead atoms. The van der Waals surface area contributed by atoms with Crippen LogP contribution in [0.5, 0.6) is 0 Å². The minimum Gasteiger partial charge on any atom is -0.444 e. The average molecular weight is 466 g/mol. The molecule has 3 rings (SSSR count). The molecule has 8 nitrogen and oxygen atoms in total. The van der Waals surface area contributed by atoms with Crippen molar-refractivity contribution in [3.63, 3.8) is 0 Å². The van der Waals surface area contributed by atoms with Crippen LogP contribution in [0.2, 0.25) is 0 Å². The van der Waals surface area contributed by atoms with Crippen LogP contribution < -0.4 is 10.8 Å². The van der Waals surface area contributed by atoms with Gasteiger partial charge in [0.25, 0.3) is 0 Å². The Kier molecular flexibility index (Phi) is 6.74. The van der Waals surface area contributed by atoms with Crippen LogP contribution in [0.4, 0.5) is 4.79 Å².